The third-order valence-electron chi connectivity index (χ3n) is 1.92. The molecule has 0 amide bonds. The van der Waals surface area contributed by atoms with Crippen molar-refractivity contribution >= 4 is 5.69 Å². The molecule has 1 heterocycles. The van der Waals surface area contributed by atoms with Gasteiger partial charge in [-0.1, -0.05) is 0 Å². The van der Waals surface area contributed by atoms with Gasteiger partial charge in [0.25, 0.3) is 0 Å². The van der Waals surface area contributed by atoms with Crippen LogP contribution in [0.2, 0.25) is 0 Å². The summed E-state index contributed by atoms with van der Waals surface area (Å²) in [6.07, 6.45) is -1.34. The molecule has 0 aliphatic heterocycles. The highest BCUT2D eigenvalue weighted by Gasteiger charge is 2.18. The molecular weight excluding hydrogens is 182 g/mol. The lowest BCUT2D eigenvalue weighted by Gasteiger charge is -2.12. The van der Waals surface area contributed by atoms with E-state index in [-0.39, 0.29) is 0 Å². The molecule has 1 rings (SSSR count). The molecule has 14 heavy (non-hydrogen) atoms. The molecule has 0 bridgehead atoms. The van der Waals surface area contributed by atoms with Crippen molar-refractivity contribution in [2.45, 2.75) is 19.1 Å². The molecule has 5 heteroatoms. The molecule has 0 aliphatic carbocycles. The lowest BCUT2D eigenvalue weighted by atomic mass is 10.1. The van der Waals surface area contributed by atoms with Crippen molar-refractivity contribution in [2.75, 3.05) is 5.73 Å². The van der Waals surface area contributed by atoms with Gasteiger partial charge in [-0.2, -0.15) is 5.26 Å². The van der Waals surface area contributed by atoms with E-state index < -0.39 is 12.2 Å². The third-order valence-corrected chi connectivity index (χ3v) is 1.92. The number of nitrogen functional groups attached to an aromatic ring is 1. The molecular formula is C9H11N3O2. The average molecular weight is 193 g/mol. The van der Waals surface area contributed by atoms with E-state index in [1.807, 2.05) is 0 Å². The van der Waals surface area contributed by atoms with Crippen LogP contribution in [0, 0.1) is 18.3 Å². The van der Waals surface area contributed by atoms with E-state index in [1.54, 1.807) is 6.92 Å². The minimum Gasteiger partial charge on any atom is -0.397 e. The number of anilines is 1. The van der Waals surface area contributed by atoms with Crippen LogP contribution in [0.5, 0.6) is 0 Å². The fraction of sp³-hybridized carbons (Fsp3) is 0.333. The maximum atomic E-state index is 9.44. The van der Waals surface area contributed by atoms with Crippen LogP contribution < -0.4 is 5.73 Å². The standard InChI is InChI=1S/C9H11N3O2/c1-5-7(11)2-6(4-12-5)9(14)8(13)3-10/h2,4,8-9,13-14H,11H2,1H3. The Kier molecular flexibility index (Phi) is 3.02. The van der Waals surface area contributed by atoms with Crippen molar-refractivity contribution in [1.82, 2.24) is 4.98 Å². The highest BCUT2D eigenvalue weighted by molar-refractivity contribution is 5.44. The topological polar surface area (TPSA) is 103 Å². The smallest absolute Gasteiger partial charge is 0.170 e. The van der Waals surface area contributed by atoms with Crippen LogP contribution in [0.1, 0.15) is 17.4 Å². The van der Waals surface area contributed by atoms with Gasteiger partial charge in [0.2, 0.25) is 0 Å². The van der Waals surface area contributed by atoms with E-state index in [1.165, 1.54) is 18.3 Å². The van der Waals surface area contributed by atoms with E-state index in [0.717, 1.165) is 0 Å². The van der Waals surface area contributed by atoms with Crippen LogP contribution in [-0.4, -0.2) is 21.3 Å². The van der Waals surface area contributed by atoms with Gasteiger partial charge in [-0.05, 0) is 13.0 Å². The Hall–Kier alpha value is -1.64. The second kappa shape index (κ2) is 4.05. The lowest BCUT2D eigenvalue weighted by Crippen LogP contribution is -2.16. The summed E-state index contributed by atoms with van der Waals surface area (Å²) in [5.74, 6) is 0. The minimum absolute atomic E-state index is 0.335. The zero-order chi connectivity index (χ0) is 10.7. The number of pyridine rings is 1. The van der Waals surface area contributed by atoms with Gasteiger partial charge >= 0.3 is 0 Å². The van der Waals surface area contributed by atoms with Crippen molar-refractivity contribution in [3.8, 4) is 6.07 Å². The predicted octanol–water partition coefficient (Wildman–Crippen LogP) is -0.110. The van der Waals surface area contributed by atoms with Crippen molar-refractivity contribution in [2.24, 2.45) is 0 Å². The van der Waals surface area contributed by atoms with Crippen LogP contribution in [0.4, 0.5) is 5.69 Å². The van der Waals surface area contributed by atoms with Gasteiger partial charge in [-0.15, -0.1) is 0 Å². The number of aliphatic hydroxyl groups excluding tert-OH is 2. The summed E-state index contributed by atoms with van der Waals surface area (Å²) < 4.78 is 0. The largest absolute Gasteiger partial charge is 0.397 e. The Morgan fingerprint density at radius 2 is 2.21 bits per heavy atom. The summed E-state index contributed by atoms with van der Waals surface area (Å²) in [4.78, 5) is 3.91. The number of aliphatic hydroxyl groups is 2. The second-order valence-electron chi connectivity index (χ2n) is 2.96. The van der Waals surface area contributed by atoms with Crippen molar-refractivity contribution < 1.29 is 10.2 Å². The van der Waals surface area contributed by atoms with Gasteiger partial charge < -0.3 is 15.9 Å². The molecule has 74 valence electrons. The fourth-order valence-corrected chi connectivity index (χ4v) is 0.982. The van der Waals surface area contributed by atoms with Gasteiger partial charge in [0.1, 0.15) is 6.10 Å². The first-order chi connectivity index (χ1) is 6.56. The fourth-order valence-electron chi connectivity index (χ4n) is 0.982. The van der Waals surface area contributed by atoms with Crippen LogP contribution in [0.15, 0.2) is 12.3 Å². The first kappa shape index (κ1) is 10.4. The lowest BCUT2D eigenvalue weighted by molar-refractivity contribution is 0.0526. The summed E-state index contributed by atoms with van der Waals surface area (Å²) in [5, 5.41) is 26.9. The van der Waals surface area contributed by atoms with Gasteiger partial charge in [-0.3, -0.25) is 4.98 Å². The Morgan fingerprint density at radius 3 is 2.71 bits per heavy atom. The van der Waals surface area contributed by atoms with Crippen LogP contribution in [0.25, 0.3) is 0 Å². The molecule has 0 fully saturated rings. The van der Waals surface area contributed by atoms with Crippen molar-refractivity contribution in [3.05, 3.63) is 23.5 Å². The first-order valence-corrected chi connectivity index (χ1v) is 4.04. The Morgan fingerprint density at radius 1 is 1.57 bits per heavy atom. The number of hydrogen-bond donors (Lipinski definition) is 3. The SMILES string of the molecule is Cc1ncc(C(O)C(O)C#N)cc1N. The van der Waals surface area contributed by atoms with Gasteiger partial charge in [0.15, 0.2) is 6.10 Å². The molecule has 0 saturated heterocycles. The van der Waals surface area contributed by atoms with Crippen molar-refractivity contribution in [3.63, 3.8) is 0 Å². The molecule has 0 aliphatic rings. The zero-order valence-electron chi connectivity index (χ0n) is 7.68. The summed E-state index contributed by atoms with van der Waals surface area (Å²) >= 11 is 0. The number of nitrogens with two attached hydrogens (primary N) is 1. The van der Waals surface area contributed by atoms with E-state index >= 15 is 0 Å². The monoisotopic (exact) mass is 193 g/mol. The van der Waals surface area contributed by atoms with Crippen LogP contribution >= 0.6 is 0 Å². The number of aromatic nitrogens is 1. The maximum Gasteiger partial charge on any atom is 0.170 e. The molecule has 0 aromatic carbocycles. The molecule has 2 unspecified atom stereocenters. The summed E-state index contributed by atoms with van der Waals surface area (Å²) in [7, 11) is 0. The number of nitriles is 1. The minimum atomic E-state index is -1.46. The molecule has 1 aromatic rings. The van der Waals surface area contributed by atoms with E-state index in [9.17, 15) is 5.11 Å². The molecule has 0 saturated carbocycles. The molecule has 1 aromatic heterocycles. The zero-order valence-corrected chi connectivity index (χ0v) is 7.68. The highest BCUT2D eigenvalue weighted by atomic mass is 16.3. The number of rotatable bonds is 2. The predicted molar refractivity (Wildman–Crippen MR) is 50.0 cm³/mol. The normalized spacial score (nSPS) is 14.4. The van der Waals surface area contributed by atoms with E-state index in [4.69, 9.17) is 16.1 Å². The quantitative estimate of drug-likeness (QED) is 0.568. The summed E-state index contributed by atoms with van der Waals surface area (Å²) in [6.45, 7) is 1.73. The Balaban J connectivity index is 2.98. The van der Waals surface area contributed by atoms with E-state index in [0.29, 0.717) is 16.9 Å². The molecule has 0 radical (unpaired) electrons. The summed E-state index contributed by atoms with van der Waals surface area (Å²) in [5.41, 5.74) is 6.97. The molecule has 4 N–H and O–H groups in total. The number of nitrogens with zero attached hydrogens (tertiary/aromatic N) is 2. The number of aryl methyl sites for hydroxylation is 1. The Bertz CT molecular complexity index is 373. The van der Waals surface area contributed by atoms with Crippen LogP contribution in [-0.2, 0) is 0 Å². The van der Waals surface area contributed by atoms with Gasteiger partial charge in [0, 0.05) is 11.8 Å². The Labute approximate surface area is 81.4 Å². The van der Waals surface area contributed by atoms with Crippen molar-refractivity contribution in [1.29, 1.82) is 5.26 Å². The van der Waals surface area contributed by atoms with Gasteiger partial charge in [-0.25, -0.2) is 0 Å². The van der Waals surface area contributed by atoms with E-state index in [2.05, 4.69) is 4.98 Å². The third kappa shape index (κ3) is 1.99. The highest BCUT2D eigenvalue weighted by Crippen LogP contribution is 2.19. The second-order valence-corrected chi connectivity index (χ2v) is 2.96. The van der Waals surface area contributed by atoms with Crippen LogP contribution in [0.3, 0.4) is 0 Å². The molecule has 5 nitrogen and oxygen atoms in total. The maximum absolute atomic E-state index is 9.44. The molecule has 2 atom stereocenters. The molecule has 0 spiro atoms. The average Bonchev–Trinajstić information content (AvgIpc) is 2.20. The van der Waals surface area contributed by atoms with Gasteiger partial charge in [0.05, 0.1) is 17.5 Å². The first-order valence-electron chi connectivity index (χ1n) is 4.04. The summed E-state index contributed by atoms with van der Waals surface area (Å²) in [6, 6.07) is 3.03. The number of hydrogen-bond acceptors (Lipinski definition) is 5.